The third-order valence-electron chi connectivity index (χ3n) is 4.15. The molecule has 158 valence electrons. The lowest BCUT2D eigenvalue weighted by atomic mass is 10.1. The van der Waals surface area contributed by atoms with Crippen molar-refractivity contribution < 1.29 is 13.2 Å². The van der Waals surface area contributed by atoms with E-state index in [1.807, 2.05) is 47.6 Å². The quantitative estimate of drug-likeness (QED) is 0.641. The molecule has 0 aliphatic carbocycles. The Balaban J connectivity index is 2.49. The van der Waals surface area contributed by atoms with Crippen LogP contribution >= 0.6 is 0 Å². The van der Waals surface area contributed by atoms with Gasteiger partial charge in [-0.05, 0) is 37.8 Å². The Kier molecular flexibility index (Phi) is 7.16. The molecule has 2 rings (SSSR count). The fraction of sp³-hybridized carbons (Fsp3) is 0.500. The van der Waals surface area contributed by atoms with Gasteiger partial charge < -0.3 is 10.6 Å². The number of aromatic nitrogens is 4. The van der Waals surface area contributed by atoms with Crippen LogP contribution in [0.25, 0.3) is 11.5 Å². The normalized spacial score (nSPS) is 13.7. The van der Waals surface area contributed by atoms with Crippen molar-refractivity contribution >= 4 is 11.9 Å². The Morgan fingerprint density at radius 3 is 2.21 bits per heavy atom. The second kappa shape index (κ2) is 9.19. The van der Waals surface area contributed by atoms with Crippen LogP contribution in [0.3, 0.4) is 0 Å². The van der Waals surface area contributed by atoms with Gasteiger partial charge in [-0.3, -0.25) is 0 Å². The van der Waals surface area contributed by atoms with Gasteiger partial charge in [-0.2, -0.15) is 28.1 Å². The number of hydrogen-bond donors (Lipinski definition) is 2. The molecule has 1 atom stereocenters. The molecule has 0 radical (unpaired) electrons. The van der Waals surface area contributed by atoms with Gasteiger partial charge in [-0.1, -0.05) is 39.8 Å². The van der Waals surface area contributed by atoms with E-state index in [0.717, 1.165) is 11.8 Å². The van der Waals surface area contributed by atoms with Crippen LogP contribution in [0.5, 0.6) is 0 Å². The second-order valence-corrected chi connectivity index (χ2v) is 7.61. The van der Waals surface area contributed by atoms with E-state index in [1.165, 1.54) is 12.1 Å². The number of anilines is 2. The Morgan fingerprint density at radius 1 is 0.966 bits per heavy atom. The summed E-state index contributed by atoms with van der Waals surface area (Å²) in [6.07, 6.45) is -2.55. The Labute approximate surface area is 169 Å². The number of allylic oxidation sites excluding steroid dienone is 2. The van der Waals surface area contributed by atoms with Crippen LogP contribution in [0.2, 0.25) is 0 Å². The number of nitrogens with one attached hydrogen (secondary N) is 2. The van der Waals surface area contributed by atoms with Crippen molar-refractivity contribution in [3.63, 3.8) is 0 Å². The van der Waals surface area contributed by atoms with Crippen LogP contribution < -0.4 is 10.6 Å². The molecule has 2 aromatic rings. The van der Waals surface area contributed by atoms with E-state index in [0.29, 0.717) is 11.8 Å². The topological polar surface area (TPSA) is 75.6 Å². The number of alkyl halides is 3. The van der Waals surface area contributed by atoms with Crippen molar-refractivity contribution in [1.29, 1.82) is 0 Å². The number of halogens is 3. The first kappa shape index (κ1) is 22.6. The van der Waals surface area contributed by atoms with Crippen LogP contribution in [0.15, 0.2) is 30.0 Å². The summed E-state index contributed by atoms with van der Waals surface area (Å²) in [6.45, 7) is 12.0. The molecule has 0 aliphatic heterocycles. The Hall–Kier alpha value is -2.71. The molecule has 2 heterocycles. The molecule has 0 aliphatic rings. The zero-order valence-electron chi connectivity index (χ0n) is 17.5. The third kappa shape index (κ3) is 6.69. The molecule has 0 aromatic carbocycles. The predicted octanol–water partition coefficient (Wildman–Crippen LogP) is 5.38. The van der Waals surface area contributed by atoms with Crippen LogP contribution in [0.4, 0.5) is 25.1 Å². The molecule has 0 bridgehead atoms. The summed E-state index contributed by atoms with van der Waals surface area (Å²) in [7, 11) is 0. The minimum absolute atomic E-state index is 0.0241. The minimum atomic E-state index is -4.55. The molecular weight excluding hydrogens is 381 g/mol. The van der Waals surface area contributed by atoms with Crippen molar-refractivity contribution in [2.24, 2.45) is 11.8 Å². The van der Waals surface area contributed by atoms with Crippen molar-refractivity contribution in [3.05, 3.63) is 35.7 Å². The highest BCUT2D eigenvalue weighted by Gasteiger charge is 2.32. The summed E-state index contributed by atoms with van der Waals surface area (Å²) in [5.74, 6) is 1.19. The van der Waals surface area contributed by atoms with Gasteiger partial charge in [0.1, 0.15) is 11.4 Å². The molecule has 29 heavy (non-hydrogen) atoms. The van der Waals surface area contributed by atoms with Gasteiger partial charge in [0.2, 0.25) is 11.9 Å². The average Bonchev–Trinajstić information content (AvgIpc) is 2.60. The molecule has 0 unspecified atom stereocenters. The molecular formula is C20H27F3N6. The summed E-state index contributed by atoms with van der Waals surface area (Å²) in [5.41, 5.74) is -0.140. The summed E-state index contributed by atoms with van der Waals surface area (Å²) >= 11 is 0. The van der Waals surface area contributed by atoms with E-state index in [4.69, 9.17) is 0 Å². The van der Waals surface area contributed by atoms with E-state index in [9.17, 15) is 13.2 Å². The lowest BCUT2D eigenvalue weighted by Gasteiger charge is -2.18. The summed E-state index contributed by atoms with van der Waals surface area (Å²) < 4.78 is 39.1. The van der Waals surface area contributed by atoms with Crippen molar-refractivity contribution in [1.82, 2.24) is 19.9 Å². The van der Waals surface area contributed by atoms with Crippen LogP contribution in [0.1, 0.15) is 47.2 Å². The van der Waals surface area contributed by atoms with E-state index in [1.54, 1.807) is 0 Å². The minimum Gasteiger partial charge on any atom is -0.351 e. The second-order valence-electron chi connectivity index (χ2n) is 7.61. The first-order chi connectivity index (χ1) is 13.5. The molecule has 6 nitrogen and oxygen atoms in total. The fourth-order valence-electron chi connectivity index (χ4n) is 2.42. The van der Waals surface area contributed by atoms with E-state index < -0.39 is 11.9 Å². The van der Waals surface area contributed by atoms with Gasteiger partial charge in [0.15, 0.2) is 5.82 Å². The summed E-state index contributed by atoms with van der Waals surface area (Å²) in [6, 6.07) is 3.70. The maximum atomic E-state index is 13.0. The summed E-state index contributed by atoms with van der Waals surface area (Å²) in [4.78, 5) is 16.6. The highest BCUT2D eigenvalue weighted by molar-refractivity contribution is 5.55. The molecule has 2 N–H and O–H groups in total. The third-order valence-corrected chi connectivity index (χ3v) is 4.15. The molecule has 0 fully saturated rings. The van der Waals surface area contributed by atoms with Gasteiger partial charge in [-0.15, -0.1) is 0 Å². The van der Waals surface area contributed by atoms with Crippen LogP contribution in [-0.4, -0.2) is 26.0 Å². The van der Waals surface area contributed by atoms with E-state index >= 15 is 0 Å². The first-order valence-electron chi connectivity index (χ1n) is 9.48. The van der Waals surface area contributed by atoms with Gasteiger partial charge in [0, 0.05) is 11.7 Å². The number of pyridine rings is 1. The zero-order valence-corrected chi connectivity index (χ0v) is 17.5. The average molecular weight is 408 g/mol. The predicted molar refractivity (Wildman–Crippen MR) is 108 cm³/mol. The van der Waals surface area contributed by atoms with Crippen molar-refractivity contribution in [2.45, 2.75) is 53.8 Å². The van der Waals surface area contributed by atoms with Gasteiger partial charge in [-0.25, -0.2) is 4.98 Å². The standard InChI is InChI=1S/C20H27F3N6/c1-11(2)10-13(5)24-18-27-17(28-19(29-18)25-14(6)12(3)4)15-8-7-9-16(26-15)20(21,22)23/h7-12,14H,1-6H3,(H2,24,25,27,28,29)/t14-/m1/s1. The van der Waals surface area contributed by atoms with Crippen molar-refractivity contribution in [2.75, 3.05) is 10.6 Å². The lowest BCUT2D eigenvalue weighted by molar-refractivity contribution is -0.141. The zero-order chi connectivity index (χ0) is 21.8. The number of hydrogen-bond acceptors (Lipinski definition) is 6. The highest BCUT2D eigenvalue weighted by atomic mass is 19.4. The van der Waals surface area contributed by atoms with Crippen LogP contribution in [0, 0.1) is 11.8 Å². The maximum absolute atomic E-state index is 13.0. The molecule has 0 spiro atoms. The van der Waals surface area contributed by atoms with Crippen molar-refractivity contribution in [3.8, 4) is 11.5 Å². The largest absolute Gasteiger partial charge is 0.433 e. The number of rotatable bonds is 7. The fourth-order valence-corrected chi connectivity index (χ4v) is 2.42. The summed E-state index contributed by atoms with van der Waals surface area (Å²) in [5, 5.41) is 6.26. The van der Waals surface area contributed by atoms with E-state index in [-0.39, 0.29) is 29.5 Å². The van der Waals surface area contributed by atoms with E-state index in [2.05, 4.69) is 30.6 Å². The monoisotopic (exact) mass is 408 g/mol. The molecule has 0 saturated heterocycles. The van der Waals surface area contributed by atoms with Gasteiger partial charge in [0.05, 0.1) is 0 Å². The van der Waals surface area contributed by atoms with Gasteiger partial charge >= 0.3 is 6.18 Å². The maximum Gasteiger partial charge on any atom is 0.433 e. The van der Waals surface area contributed by atoms with Gasteiger partial charge in [0.25, 0.3) is 0 Å². The molecule has 0 saturated carbocycles. The molecule has 2 aromatic heterocycles. The Morgan fingerprint density at radius 2 is 1.62 bits per heavy atom. The SMILES string of the molecule is CC(=CC(C)C)Nc1nc(N[C@H](C)C(C)C)nc(-c2cccc(C(F)(F)F)n2)n1. The molecule has 0 amide bonds. The smallest absolute Gasteiger partial charge is 0.351 e. The first-order valence-corrected chi connectivity index (χ1v) is 9.48. The molecule has 9 heteroatoms. The highest BCUT2D eigenvalue weighted by Crippen LogP contribution is 2.29. The Bertz CT molecular complexity index is 862. The van der Waals surface area contributed by atoms with Crippen LogP contribution in [-0.2, 0) is 6.18 Å². The number of nitrogens with zero attached hydrogens (tertiary/aromatic N) is 4. The lowest BCUT2D eigenvalue weighted by Crippen LogP contribution is -2.23.